The molecule has 19 heavy (non-hydrogen) atoms. The van der Waals surface area contributed by atoms with E-state index in [9.17, 15) is 5.11 Å². The Hall–Kier alpha value is -0.300. The van der Waals surface area contributed by atoms with Gasteiger partial charge in [0.2, 0.25) is 0 Å². The molecule has 1 nitrogen and oxygen atoms in total. The SMILES string of the molecule is C[C@]12CC[C@@H]3[C@H](CCC4=CCCC[C@H]43)[C@@H]1CC[C@@H]2O. The van der Waals surface area contributed by atoms with Crippen molar-refractivity contribution in [2.75, 3.05) is 0 Å². The van der Waals surface area contributed by atoms with Gasteiger partial charge in [0.05, 0.1) is 6.10 Å². The highest BCUT2D eigenvalue weighted by Gasteiger charge is 2.55. The van der Waals surface area contributed by atoms with Crippen molar-refractivity contribution in [3.63, 3.8) is 0 Å². The van der Waals surface area contributed by atoms with Crippen molar-refractivity contribution in [1.82, 2.24) is 0 Å². The average molecular weight is 260 g/mol. The Morgan fingerprint density at radius 1 is 1.11 bits per heavy atom. The summed E-state index contributed by atoms with van der Waals surface area (Å²) in [6.45, 7) is 2.39. The van der Waals surface area contributed by atoms with Gasteiger partial charge < -0.3 is 5.11 Å². The van der Waals surface area contributed by atoms with Gasteiger partial charge in [-0.1, -0.05) is 18.6 Å². The van der Waals surface area contributed by atoms with Gasteiger partial charge >= 0.3 is 0 Å². The van der Waals surface area contributed by atoms with Crippen molar-refractivity contribution >= 4 is 0 Å². The standard InChI is InChI=1S/C18H28O/c1-18-11-10-14-13-5-3-2-4-12(13)6-7-15(14)16(18)8-9-17(18)19/h4,13-17,19H,2-3,5-11H2,1H3/t13-,14+,15+,16+,17+,18+/m1/s1. The molecule has 0 spiro atoms. The predicted octanol–water partition coefficient (Wildman–Crippen LogP) is 4.31. The number of allylic oxidation sites excluding steroid dienone is 2. The molecule has 0 amide bonds. The third-order valence-corrected chi connectivity index (χ3v) is 7.33. The van der Waals surface area contributed by atoms with Gasteiger partial charge in [-0.3, -0.25) is 0 Å². The van der Waals surface area contributed by atoms with Crippen LogP contribution in [0.4, 0.5) is 0 Å². The molecule has 1 heteroatoms. The fourth-order valence-corrected chi connectivity index (χ4v) is 6.28. The Bertz CT molecular complexity index is 398. The summed E-state index contributed by atoms with van der Waals surface area (Å²) in [4.78, 5) is 0. The molecule has 6 atom stereocenters. The number of fused-ring (bicyclic) bond motifs is 5. The number of aliphatic hydroxyl groups is 1. The molecule has 0 bridgehead atoms. The fourth-order valence-electron chi connectivity index (χ4n) is 6.28. The zero-order valence-electron chi connectivity index (χ0n) is 12.3. The first kappa shape index (κ1) is 12.4. The van der Waals surface area contributed by atoms with Crippen molar-refractivity contribution in [3.05, 3.63) is 11.6 Å². The van der Waals surface area contributed by atoms with Gasteiger partial charge in [-0.05, 0) is 86.9 Å². The number of hydrogen-bond acceptors (Lipinski definition) is 1. The molecule has 0 heterocycles. The molecule has 4 aliphatic carbocycles. The quantitative estimate of drug-likeness (QED) is 0.643. The van der Waals surface area contributed by atoms with Crippen LogP contribution in [-0.4, -0.2) is 11.2 Å². The second-order valence-corrected chi connectivity index (χ2v) is 7.93. The minimum absolute atomic E-state index is 0.0123. The van der Waals surface area contributed by atoms with Crippen LogP contribution >= 0.6 is 0 Å². The van der Waals surface area contributed by atoms with E-state index >= 15 is 0 Å². The molecule has 0 radical (unpaired) electrons. The lowest BCUT2D eigenvalue weighted by molar-refractivity contribution is -0.0533. The van der Waals surface area contributed by atoms with E-state index < -0.39 is 0 Å². The van der Waals surface area contributed by atoms with E-state index in [0.29, 0.717) is 0 Å². The van der Waals surface area contributed by atoms with Crippen LogP contribution in [0.1, 0.15) is 64.7 Å². The van der Waals surface area contributed by atoms with E-state index in [-0.39, 0.29) is 11.5 Å². The topological polar surface area (TPSA) is 20.2 Å². The Morgan fingerprint density at radius 3 is 2.89 bits per heavy atom. The normalized spacial score (nSPS) is 52.9. The molecule has 106 valence electrons. The van der Waals surface area contributed by atoms with Gasteiger partial charge in [0, 0.05) is 0 Å². The third-order valence-electron chi connectivity index (χ3n) is 7.33. The van der Waals surface area contributed by atoms with Crippen molar-refractivity contribution in [2.24, 2.45) is 29.1 Å². The molecule has 0 aliphatic heterocycles. The summed E-state index contributed by atoms with van der Waals surface area (Å²) in [6, 6.07) is 0. The Kier molecular flexibility index (Phi) is 2.85. The van der Waals surface area contributed by atoms with Crippen LogP contribution in [0.3, 0.4) is 0 Å². The van der Waals surface area contributed by atoms with Gasteiger partial charge in [0.1, 0.15) is 0 Å². The molecular weight excluding hydrogens is 232 g/mol. The molecule has 0 unspecified atom stereocenters. The second kappa shape index (κ2) is 4.35. The molecular formula is C18H28O. The average Bonchev–Trinajstić information content (AvgIpc) is 2.75. The third kappa shape index (κ3) is 1.70. The summed E-state index contributed by atoms with van der Waals surface area (Å²) >= 11 is 0. The first-order valence-electron chi connectivity index (χ1n) is 8.57. The van der Waals surface area contributed by atoms with E-state index in [0.717, 1.165) is 30.1 Å². The first-order chi connectivity index (χ1) is 9.20. The molecule has 4 rings (SSSR count). The first-order valence-corrected chi connectivity index (χ1v) is 8.57. The molecule has 4 aliphatic rings. The second-order valence-electron chi connectivity index (χ2n) is 7.93. The van der Waals surface area contributed by atoms with Crippen molar-refractivity contribution in [1.29, 1.82) is 0 Å². The predicted molar refractivity (Wildman–Crippen MR) is 77.7 cm³/mol. The van der Waals surface area contributed by atoms with E-state index in [4.69, 9.17) is 0 Å². The van der Waals surface area contributed by atoms with Crippen LogP contribution < -0.4 is 0 Å². The van der Waals surface area contributed by atoms with Crippen molar-refractivity contribution in [2.45, 2.75) is 70.8 Å². The van der Waals surface area contributed by atoms with Crippen LogP contribution in [0.15, 0.2) is 11.6 Å². The Labute approximate surface area is 117 Å². The maximum Gasteiger partial charge on any atom is 0.0596 e. The lowest BCUT2D eigenvalue weighted by Crippen LogP contribution is -2.47. The van der Waals surface area contributed by atoms with Gasteiger partial charge in [-0.25, -0.2) is 0 Å². The summed E-state index contributed by atoms with van der Waals surface area (Å²) < 4.78 is 0. The number of aliphatic hydroxyl groups excluding tert-OH is 1. The van der Waals surface area contributed by atoms with E-state index in [2.05, 4.69) is 13.0 Å². The lowest BCUT2D eigenvalue weighted by atomic mass is 9.52. The monoisotopic (exact) mass is 260 g/mol. The highest BCUT2D eigenvalue weighted by atomic mass is 16.3. The van der Waals surface area contributed by atoms with E-state index in [1.54, 1.807) is 0 Å². The van der Waals surface area contributed by atoms with Crippen LogP contribution in [0.2, 0.25) is 0 Å². The van der Waals surface area contributed by atoms with Crippen LogP contribution in [0, 0.1) is 29.1 Å². The summed E-state index contributed by atoms with van der Waals surface area (Å²) in [5, 5.41) is 10.4. The summed E-state index contributed by atoms with van der Waals surface area (Å²) in [5.41, 5.74) is 2.08. The van der Waals surface area contributed by atoms with Gasteiger partial charge in [0.15, 0.2) is 0 Å². The van der Waals surface area contributed by atoms with Crippen molar-refractivity contribution in [3.8, 4) is 0 Å². The van der Waals surface area contributed by atoms with Crippen LogP contribution in [-0.2, 0) is 0 Å². The molecule has 0 aromatic rings. The van der Waals surface area contributed by atoms with Crippen LogP contribution in [0.5, 0.6) is 0 Å². The van der Waals surface area contributed by atoms with E-state index in [1.807, 2.05) is 5.57 Å². The molecule has 0 saturated heterocycles. The smallest absolute Gasteiger partial charge is 0.0596 e. The van der Waals surface area contributed by atoms with Crippen LogP contribution in [0.25, 0.3) is 0 Å². The minimum Gasteiger partial charge on any atom is -0.393 e. The Balaban J connectivity index is 1.63. The lowest BCUT2D eigenvalue weighted by Gasteiger charge is -2.53. The zero-order valence-corrected chi connectivity index (χ0v) is 12.3. The highest BCUT2D eigenvalue weighted by Crippen LogP contribution is 2.61. The summed E-state index contributed by atoms with van der Waals surface area (Å²) in [7, 11) is 0. The largest absolute Gasteiger partial charge is 0.393 e. The van der Waals surface area contributed by atoms with Crippen molar-refractivity contribution < 1.29 is 5.11 Å². The molecule has 1 N–H and O–H groups in total. The maximum atomic E-state index is 10.4. The molecule has 3 saturated carbocycles. The summed E-state index contributed by atoms with van der Waals surface area (Å²) in [6.07, 6.45) is 14.6. The summed E-state index contributed by atoms with van der Waals surface area (Å²) in [5.74, 6) is 3.64. The van der Waals surface area contributed by atoms with Gasteiger partial charge in [-0.15, -0.1) is 0 Å². The van der Waals surface area contributed by atoms with E-state index in [1.165, 1.54) is 51.4 Å². The highest BCUT2D eigenvalue weighted by molar-refractivity contribution is 5.18. The van der Waals surface area contributed by atoms with Gasteiger partial charge in [0.25, 0.3) is 0 Å². The van der Waals surface area contributed by atoms with Gasteiger partial charge in [-0.2, -0.15) is 0 Å². The number of rotatable bonds is 0. The number of hydrogen-bond donors (Lipinski definition) is 1. The fraction of sp³-hybridized carbons (Fsp3) is 0.889. The maximum absolute atomic E-state index is 10.4. The minimum atomic E-state index is -0.0123. The molecule has 3 fully saturated rings. The Morgan fingerprint density at radius 2 is 2.00 bits per heavy atom. The molecule has 0 aromatic heterocycles. The molecule has 0 aromatic carbocycles. The zero-order chi connectivity index (χ0) is 13.0.